The molecule has 0 aliphatic heterocycles. The van der Waals surface area contributed by atoms with Crippen molar-refractivity contribution >= 4 is 17.7 Å². The van der Waals surface area contributed by atoms with Crippen molar-refractivity contribution in [2.75, 3.05) is 19.7 Å². The van der Waals surface area contributed by atoms with E-state index in [1.54, 1.807) is 11.0 Å². The fourth-order valence-electron chi connectivity index (χ4n) is 4.21. The van der Waals surface area contributed by atoms with E-state index in [2.05, 4.69) is 10.6 Å². The number of unbranched alkanes of at least 4 members (excludes halogenated alkanes) is 1. The second-order valence-electron chi connectivity index (χ2n) is 8.50. The SMILES string of the molecule is CCCCN(C(=O)CNC(=O)c1ccco1)C(C(=O)NC1CCCC1)c1ccc(OCC)cc1. The largest absolute Gasteiger partial charge is 0.494 e. The fourth-order valence-corrected chi connectivity index (χ4v) is 4.21. The highest BCUT2D eigenvalue weighted by molar-refractivity contribution is 5.95. The van der Waals surface area contributed by atoms with Gasteiger partial charge in [0.25, 0.3) is 5.91 Å². The van der Waals surface area contributed by atoms with Crippen LogP contribution in [-0.4, -0.2) is 48.4 Å². The summed E-state index contributed by atoms with van der Waals surface area (Å²) in [5, 5.41) is 5.76. The summed E-state index contributed by atoms with van der Waals surface area (Å²) in [6.07, 6.45) is 7.09. The molecule has 34 heavy (non-hydrogen) atoms. The van der Waals surface area contributed by atoms with Crippen LogP contribution in [0.3, 0.4) is 0 Å². The maximum atomic E-state index is 13.5. The molecule has 1 atom stereocenters. The third-order valence-corrected chi connectivity index (χ3v) is 5.99. The lowest BCUT2D eigenvalue weighted by atomic mass is 10.0. The molecule has 2 N–H and O–H groups in total. The molecule has 1 fully saturated rings. The van der Waals surface area contributed by atoms with E-state index < -0.39 is 11.9 Å². The molecule has 1 unspecified atom stereocenters. The van der Waals surface area contributed by atoms with Crippen LogP contribution in [0.1, 0.15) is 74.5 Å². The van der Waals surface area contributed by atoms with Crippen molar-refractivity contribution in [1.29, 1.82) is 0 Å². The van der Waals surface area contributed by atoms with Gasteiger partial charge >= 0.3 is 0 Å². The Bertz CT molecular complexity index is 920. The first-order valence-electron chi connectivity index (χ1n) is 12.2. The summed E-state index contributed by atoms with van der Waals surface area (Å²) in [6, 6.07) is 9.77. The molecule has 8 heteroatoms. The van der Waals surface area contributed by atoms with Crippen LogP contribution in [0.2, 0.25) is 0 Å². The fraction of sp³-hybridized carbons (Fsp3) is 0.500. The molecule has 1 aromatic carbocycles. The smallest absolute Gasteiger partial charge is 0.287 e. The molecule has 1 aromatic heterocycles. The molecule has 0 saturated heterocycles. The molecule has 1 aliphatic carbocycles. The summed E-state index contributed by atoms with van der Waals surface area (Å²) in [7, 11) is 0. The Kier molecular flexibility index (Phi) is 9.55. The number of benzene rings is 1. The zero-order chi connectivity index (χ0) is 24.3. The van der Waals surface area contributed by atoms with Crippen LogP contribution >= 0.6 is 0 Å². The Hall–Kier alpha value is -3.29. The normalized spacial score (nSPS) is 14.4. The van der Waals surface area contributed by atoms with E-state index in [-0.39, 0.29) is 30.2 Å². The van der Waals surface area contributed by atoms with E-state index in [0.29, 0.717) is 24.5 Å². The van der Waals surface area contributed by atoms with Crippen LogP contribution in [0.25, 0.3) is 0 Å². The molecule has 3 rings (SSSR count). The van der Waals surface area contributed by atoms with Gasteiger partial charge in [-0.1, -0.05) is 38.3 Å². The van der Waals surface area contributed by atoms with E-state index in [1.807, 2.05) is 38.1 Å². The minimum absolute atomic E-state index is 0.125. The quantitative estimate of drug-likeness (QED) is 0.492. The summed E-state index contributed by atoms with van der Waals surface area (Å²) in [5.41, 5.74) is 0.709. The van der Waals surface area contributed by atoms with Gasteiger partial charge in [0, 0.05) is 12.6 Å². The Morgan fingerprint density at radius 1 is 1.12 bits per heavy atom. The molecular weight excluding hydrogens is 434 g/mol. The van der Waals surface area contributed by atoms with Gasteiger partial charge < -0.3 is 24.7 Å². The first kappa shape index (κ1) is 25.3. The van der Waals surface area contributed by atoms with E-state index >= 15 is 0 Å². The van der Waals surface area contributed by atoms with Crippen molar-refractivity contribution in [3.8, 4) is 5.75 Å². The lowest BCUT2D eigenvalue weighted by Gasteiger charge is -2.32. The number of carbonyl (C=O) groups excluding carboxylic acids is 3. The lowest BCUT2D eigenvalue weighted by Crippen LogP contribution is -2.49. The summed E-state index contributed by atoms with van der Waals surface area (Å²) >= 11 is 0. The average molecular weight is 470 g/mol. The summed E-state index contributed by atoms with van der Waals surface area (Å²) < 4.78 is 10.6. The Balaban J connectivity index is 1.82. The van der Waals surface area contributed by atoms with Crippen LogP contribution in [0.5, 0.6) is 5.75 Å². The van der Waals surface area contributed by atoms with Crippen molar-refractivity contribution < 1.29 is 23.5 Å². The number of carbonyl (C=O) groups is 3. The first-order valence-corrected chi connectivity index (χ1v) is 12.2. The number of rotatable bonds is 12. The average Bonchev–Trinajstić information content (AvgIpc) is 3.55. The van der Waals surface area contributed by atoms with Gasteiger partial charge in [-0.3, -0.25) is 14.4 Å². The van der Waals surface area contributed by atoms with Crippen molar-refractivity contribution in [3.63, 3.8) is 0 Å². The maximum absolute atomic E-state index is 13.5. The number of nitrogens with one attached hydrogen (secondary N) is 2. The molecule has 184 valence electrons. The summed E-state index contributed by atoms with van der Waals surface area (Å²) in [6.45, 7) is 4.66. The van der Waals surface area contributed by atoms with Crippen molar-refractivity contribution in [1.82, 2.24) is 15.5 Å². The third-order valence-electron chi connectivity index (χ3n) is 5.99. The van der Waals surface area contributed by atoms with Gasteiger partial charge in [-0.15, -0.1) is 0 Å². The number of furan rings is 1. The first-order chi connectivity index (χ1) is 16.5. The van der Waals surface area contributed by atoms with Gasteiger partial charge in [0.15, 0.2) is 5.76 Å². The van der Waals surface area contributed by atoms with Crippen molar-refractivity contribution in [2.45, 2.75) is 64.5 Å². The van der Waals surface area contributed by atoms with Crippen molar-refractivity contribution in [3.05, 3.63) is 54.0 Å². The topological polar surface area (TPSA) is 101 Å². The third kappa shape index (κ3) is 6.85. The predicted molar refractivity (Wildman–Crippen MR) is 128 cm³/mol. The Labute approximate surface area is 201 Å². The van der Waals surface area contributed by atoms with Gasteiger partial charge in [0.1, 0.15) is 11.8 Å². The van der Waals surface area contributed by atoms with Crippen LogP contribution in [0.15, 0.2) is 47.1 Å². The zero-order valence-corrected chi connectivity index (χ0v) is 20.0. The lowest BCUT2D eigenvalue weighted by molar-refractivity contribution is -0.140. The predicted octanol–water partition coefficient (Wildman–Crippen LogP) is 3.84. The monoisotopic (exact) mass is 469 g/mol. The molecule has 8 nitrogen and oxygen atoms in total. The molecule has 2 aromatic rings. The second-order valence-corrected chi connectivity index (χ2v) is 8.50. The van der Waals surface area contributed by atoms with Crippen molar-refractivity contribution in [2.24, 2.45) is 0 Å². The maximum Gasteiger partial charge on any atom is 0.287 e. The number of amides is 3. The van der Waals surface area contributed by atoms with E-state index in [9.17, 15) is 14.4 Å². The van der Waals surface area contributed by atoms with E-state index in [4.69, 9.17) is 9.15 Å². The van der Waals surface area contributed by atoms with Gasteiger partial charge in [-0.2, -0.15) is 0 Å². The highest BCUT2D eigenvalue weighted by atomic mass is 16.5. The van der Waals surface area contributed by atoms with Gasteiger partial charge in [-0.05, 0) is 56.0 Å². The van der Waals surface area contributed by atoms with E-state index in [0.717, 1.165) is 38.5 Å². The molecule has 3 amide bonds. The summed E-state index contributed by atoms with van der Waals surface area (Å²) in [4.78, 5) is 40.7. The number of hydrogen-bond donors (Lipinski definition) is 2. The van der Waals surface area contributed by atoms with E-state index in [1.165, 1.54) is 12.3 Å². The zero-order valence-electron chi connectivity index (χ0n) is 20.0. The van der Waals surface area contributed by atoms with Gasteiger partial charge in [-0.25, -0.2) is 0 Å². The minimum atomic E-state index is -0.796. The summed E-state index contributed by atoms with van der Waals surface area (Å²) in [5.74, 6) is -0.151. The molecule has 1 saturated carbocycles. The molecule has 0 radical (unpaired) electrons. The Morgan fingerprint density at radius 2 is 1.85 bits per heavy atom. The highest BCUT2D eigenvalue weighted by Gasteiger charge is 2.33. The van der Waals surface area contributed by atoms with Crippen LogP contribution in [0, 0.1) is 0 Å². The number of ether oxygens (including phenoxy) is 1. The van der Waals surface area contributed by atoms with Gasteiger partial charge in [0.2, 0.25) is 11.8 Å². The van der Waals surface area contributed by atoms with Gasteiger partial charge in [0.05, 0.1) is 19.4 Å². The standard InChI is InChI=1S/C26H35N3O5/c1-3-5-16-29(23(30)18-27-25(31)22-11-8-17-34-22)24(26(32)28-20-9-6-7-10-20)19-12-14-21(15-13-19)33-4-2/h8,11-15,17,20,24H,3-7,9-10,16,18H2,1-2H3,(H,27,31)(H,28,32). The molecule has 1 heterocycles. The Morgan fingerprint density at radius 3 is 2.47 bits per heavy atom. The molecule has 1 aliphatic rings. The minimum Gasteiger partial charge on any atom is -0.494 e. The van der Waals surface area contributed by atoms with Crippen LogP contribution in [-0.2, 0) is 9.59 Å². The van der Waals surface area contributed by atoms with Crippen LogP contribution < -0.4 is 15.4 Å². The molecular formula is C26H35N3O5. The molecule has 0 spiro atoms. The molecule has 0 bridgehead atoms. The number of nitrogens with zero attached hydrogens (tertiary/aromatic N) is 1. The van der Waals surface area contributed by atoms with Crippen LogP contribution in [0.4, 0.5) is 0 Å². The number of hydrogen-bond acceptors (Lipinski definition) is 5. The second kappa shape index (κ2) is 12.8. The highest BCUT2D eigenvalue weighted by Crippen LogP contribution is 2.26.